The summed E-state index contributed by atoms with van der Waals surface area (Å²) in [5, 5.41) is 19.0. The van der Waals surface area contributed by atoms with E-state index in [-0.39, 0.29) is 11.5 Å². The largest absolute Gasteiger partial charge is 0.508 e. The monoisotopic (exact) mass is 237 g/mol. The smallest absolute Gasteiger partial charge is 0.119 e. The first-order valence-electron chi connectivity index (χ1n) is 6.06. The zero-order chi connectivity index (χ0) is 12.1. The van der Waals surface area contributed by atoms with E-state index in [2.05, 4.69) is 4.90 Å². The molecule has 0 unspecified atom stereocenters. The minimum absolute atomic E-state index is 0.212. The Balaban J connectivity index is 1.79. The molecule has 2 rings (SSSR count). The molecule has 1 heterocycles. The second-order valence-electron chi connectivity index (χ2n) is 4.37. The summed E-state index contributed by atoms with van der Waals surface area (Å²) < 4.78 is 5.28. The Morgan fingerprint density at radius 2 is 1.94 bits per heavy atom. The van der Waals surface area contributed by atoms with Crippen molar-refractivity contribution in [3.63, 3.8) is 0 Å². The number of morpholine rings is 1. The minimum Gasteiger partial charge on any atom is -0.508 e. The molecule has 1 aliphatic heterocycles. The van der Waals surface area contributed by atoms with Crippen LogP contribution in [0.5, 0.6) is 11.5 Å². The molecule has 4 heteroatoms. The predicted octanol–water partition coefficient (Wildman–Crippen LogP) is 1.36. The van der Waals surface area contributed by atoms with Crippen LogP contribution in [0.4, 0.5) is 0 Å². The van der Waals surface area contributed by atoms with Crippen LogP contribution in [0, 0.1) is 0 Å². The molecule has 94 valence electrons. The summed E-state index contributed by atoms with van der Waals surface area (Å²) in [5.41, 5.74) is 0.818. The second kappa shape index (κ2) is 5.89. The van der Waals surface area contributed by atoms with Crippen molar-refractivity contribution >= 4 is 0 Å². The van der Waals surface area contributed by atoms with Crippen molar-refractivity contribution in [1.82, 2.24) is 4.90 Å². The molecule has 1 aliphatic rings. The molecule has 0 spiro atoms. The summed E-state index contributed by atoms with van der Waals surface area (Å²) in [7, 11) is 0. The first kappa shape index (κ1) is 12.2. The van der Waals surface area contributed by atoms with E-state index in [1.54, 1.807) is 12.1 Å². The van der Waals surface area contributed by atoms with Gasteiger partial charge < -0.3 is 14.9 Å². The first-order valence-corrected chi connectivity index (χ1v) is 6.06. The zero-order valence-electron chi connectivity index (χ0n) is 9.93. The molecule has 0 radical (unpaired) electrons. The van der Waals surface area contributed by atoms with Crippen molar-refractivity contribution in [2.75, 3.05) is 32.8 Å². The van der Waals surface area contributed by atoms with Crippen molar-refractivity contribution < 1.29 is 14.9 Å². The molecular weight excluding hydrogens is 218 g/mol. The van der Waals surface area contributed by atoms with Gasteiger partial charge in [-0.05, 0) is 43.1 Å². The van der Waals surface area contributed by atoms with Crippen molar-refractivity contribution in [2.45, 2.75) is 12.8 Å². The van der Waals surface area contributed by atoms with Gasteiger partial charge in [-0.3, -0.25) is 4.90 Å². The molecular formula is C13H19NO3. The maximum absolute atomic E-state index is 9.63. The van der Waals surface area contributed by atoms with Crippen LogP contribution in [-0.2, 0) is 11.2 Å². The number of ether oxygens (including phenoxy) is 1. The zero-order valence-corrected chi connectivity index (χ0v) is 9.93. The number of aromatic hydroxyl groups is 2. The van der Waals surface area contributed by atoms with Gasteiger partial charge in [-0.25, -0.2) is 0 Å². The Bertz CT molecular complexity index is 362. The summed E-state index contributed by atoms with van der Waals surface area (Å²) in [5.74, 6) is 0.481. The number of phenolic OH excluding ortho intramolecular Hbond substituents is 2. The lowest BCUT2D eigenvalue weighted by Crippen LogP contribution is -2.36. The maximum atomic E-state index is 9.63. The number of rotatable bonds is 4. The van der Waals surface area contributed by atoms with Gasteiger partial charge in [0.2, 0.25) is 0 Å². The van der Waals surface area contributed by atoms with Crippen LogP contribution in [0.25, 0.3) is 0 Å². The average molecular weight is 237 g/mol. The van der Waals surface area contributed by atoms with Crippen LogP contribution in [0.2, 0.25) is 0 Å². The number of benzene rings is 1. The second-order valence-corrected chi connectivity index (χ2v) is 4.37. The van der Waals surface area contributed by atoms with Gasteiger partial charge in [0.05, 0.1) is 13.2 Å². The van der Waals surface area contributed by atoms with Gasteiger partial charge in [0, 0.05) is 13.1 Å². The Morgan fingerprint density at radius 3 is 2.71 bits per heavy atom. The summed E-state index contributed by atoms with van der Waals surface area (Å²) in [6.07, 6.45) is 1.77. The van der Waals surface area contributed by atoms with Gasteiger partial charge in [0.15, 0.2) is 0 Å². The van der Waals surface area contributed by atoms with Gasteiger partial charge in [-0.1, -0.05) is 0 Å². The van der Waals surface area contributed by atoms with E-state index in [4.69, 9.17) is 4.74 Å². The van der Waals surface area contributed by atoms with Gasteiger partial charge in [0.1, 0.15) is 11.5 Å². The highest BCUT2D eigenvalue weighted by molar-refractivity contribution is 5.38. The third-order valence-electron chi connectivity index (χ3n) is 3.09. The number of hydrogen-bond donors (Lipinski definition) is 2. The normalized spacial score (nSPS) is 17.2. The van der Waals surface area contributed by atoms with E-state index in [0.717, 1.165) is 51.3 Å². The summed E-state index contributed by atoms with van der Waals surface area (Å²) in [6, 6.07) is 4.68. The van der Waals surface area contributed by atoms with E-state index in [9.17, 15) is 10.2 Å². The Hall–Kier alpha value is -1.26. The Labute approximate surface area is 101 Å². The van der Waals surface area contributed by atoms with Gasteiger partial charge >= 0.3 is 0 Å². The number of nitrogens with zero attached hydrogens (tertiary/aromatic N) is 1. The quantitative estimate of drug-likeness (QED) is 0.776. The van der Waals surface area contributed by atoms with Gasteiger partial charge in [-0.15, -0.1) is 0 Å². The lowest BCUT2D eigenvalue weighted by molar-refractivity contribution is 0.0374. The van der Waals surface area contributed by atoms with Crippen LogP contribution in [0.1, 0.15) is 12.0 Å². The third kappa shape index (κ3) is 3.61. The van der Waals surface area contributed by atoms with Crippen molar-refractivity contribution in [3.05, 3.63) is 23.8 Å². The van der Waals surface area contributed by atoms with Crippen LogP contribution in [0.15, 0.2) is 18.2 Å². The van der Waals surface area contributed by atoms with Crippen LogP contribution >= 0.6 is 0 Å². The van der Waals surface area contributed by atoms with Crippen molar-refractivity contribution in [2.24, 2.45) is 0 Å². The fraction of sp³-hybridized carbons (Fsp3) is 0.538. The summed E-state index contributed by atoms with van der Waals surface area (Å²) in [6.45, 7) is 4.63. The predicted molar refractivity (Wildman–Crippen MR) is 65.4 cm³/mol. The fourth-order valence-corrected chi connectivity index (χ4v) is 2.09. The fourth-order valence-electron chi connectivity index (χ4n) is 2.09. The first-order chi connectivity index (χ1) is 8.25. The molecule has 0 bridgehead atoms. The molecule has 1 aromatic rings. The molecule has 0 amide bonds. The van der Waals surface area contributed by atoms with Crippen LogP contribution in [-0.4, -0.2) is 48.0 Å². The van der Waals surface area contributed by atoms with E-state index in [1.165, 1.54) is 6.07 Å². The number of phenols is 2. The summed E-state index contributed by atoms with van der Waals surface area (Å²) >= 11 is 0. The van der Waals surface area contributed by atoms with E-state index in [1.807, 2.05) is 0 Å². The molecule has 1 saturated heterocycles. The Morgan fingerprint density at radius 1 is 1.18 bits per heavy atom. The minimum atomic E-state index is 0.212. The molecule has 0 aromatic heterocycles. The SMILES string of the molecule is Oc1ccc(O)c(CCCN2CCOCC2)c1. The van der Waals surface area contributed by atoms with Crippen molar-refractivity contribution in [1.29, 1.82) is 0 Å². The van der Waals surface area contributed by atoms with E-state index >= 15 is 0 Å². The van der Waals surface area contributed by atoms with E-state index < -0.39 is 0 Å². The molecule has 2 N–H and O–H groups in total. The lowest BCUT2D eigenvalue weighted by atomic mass is 10.1. The van der Waals surface area contributed by atoms with Gasteiger partial charge in [0.25, 0.3) is 0 Å². The van der Waals surface area contributed by atoms with Gasteiger partial charge in [-0.2, -0.15) is 0 Å². The lowest BCUT2D eigenvalue weighted by Gasteiger charge is -2.26. The topological polar surface area (TPSA) is 52.9 Å². The van der Waals surface area contributed by atoms with Crippen LogP contribution < -0.4 is 0 Å². The average Bonchev–Trinajstić information content (AvgIpc) is 2.35. The molecule has 1 fully saturated rings. The number of hydrogen-bond acceptors (Lipinski definition) is 4. The summed E-state index contributed by atoms with van der Waals surface area (Å²) in [4.78, 5) is 2.36. The highest BCUT2D eigenvalue weighted by Gasteiger charge is 2.10. The molecule has 1 aromatic carbocycles. The van der Waals surface area contributed by atoms with Crippen LogP contribution in [0.3, 0.4) is 0 Å². The third-order valence-corrected chi connectivity index (χ3v) is 3.09. The number of aryl methyl sites for hydroxylation is 1. The molecule has 0 atom stereocenters. The van der Waals surface area contributed by atoms with E-state index in [0.29, 0.717) is 0 Å². The highest BCUT2D eigenvalue weighted by atomic mass is 16.5. The molecule has 0 saturated carbocycles. The standard InChI is InChI=1S/C13H19NO3/c15-12-3-4-13(16)11(10-12)2-1-5-14-6-8-17-9-7-14/h3-4,10,15-16H,1-2,5-9H2. The molecule has 17 heavy (non-hydrogen) atoms. The molecule has 4 nitrogen and oxygen atoms in total. The maximum Gasteiger partial charge on any atom is 0.119 e. The Kier molecular flexibility index (Phi) is 4.23. The highest BCUT2D eigenvalue weighted by Crippen LogP contribution is 2.23. The van der Waals surface area contributed by atoms with Crippen molar-refractivity contribution in [3.8, 4) is 11.5 Å². The molecule has 0 aliphatic carbocycles.